The first-order valence-electron chi connectivity index (χ1n) is 6.67. The number of nitrogen functional groups attached to an aromatic ring is 1. The molecule has 106 valence electrons. The smallest absolute Gasteiger partial charge is 0.0997 e. The lowest BCUT2D eigenvalue weighted by Crippen LogP contribution is -2.08. The van der Waals surface area contributed by atoms with Crippen molar-refractivity contribution in [1.82, 2.24) is 14.5 Å². The number of imidazole rings is 1. The van der Waals surface area contributed by atoms with Gasteiger partial charge in [0.1, 0.15) is 0 Å². The van der Waals surface area contributed by atoms with Gasteiger partial charge in [-0.15, -0.1) is 0 Å². The van der Waals surface area contributed by atoms with Crippen LogP contribution in [0.3, 0.4) is 0 Å². The Labute approximate surface area is 123 Å². The Balaban J connectivity index is 2.05. The minimum Gasteiger partial charge on any atom is -0.398 e. The normalized spacial score (nSPS) is 10.6. The van der Waals surface area contributed by atoms with Gasteiger partial charge in [-0.05, 0) is 30.3 Å². The van der Waals surface area contributed by atoms with Gasteiger partial charge in [-0.2, -0.15) is 0 Å². The molecule has 0 atom stereocenters. The summed E-state index contributed by atoms with van der Waals surface area (Å²) in [5, 5.41) is 0. The second-order valence-electron chi connectivity index (χ2n) is 5.02. The molecule has 2 heterocycles. The standard InChI is InChI=1S/C16H17N5/c1-20(2)12-3-5-13(6-4-12)21-11-19-10-16(21)14-9-18-8-7-15(14)17/h3-11H,1-2H3,(H2,17,18). The van der Waals surface area contributed by atoms with Gasteiger partial charge < -0.3 is 10.6 Å². The van der Waals surface area contributed by atoms with Crippen LogP contribution in [0.15, 0.2) is 55.2 Å². The number of benzene rings is 1. The highest BCUT2D eigenvalue weighted by Gasteiger charge is 2.10. The molecule has 2 N–H and O–H groups in total. The van der Waals surface area contributed by atoms with Crippen LogP contribution in [-0.2, 0) is 0 Å². The molecular formula is C16H17N5. The van der Waals surface area contributed by atoms with E-state index in [1.807, 2.05) is 18.7 Å². The van der Waals surface area contributed by atoms with Crippen molar-refractivity contribution in [2.24, 2.45) is 0 Å². The molecule has 0 fully saturated rings. The maximum Gasteiger partial charge on any atom is 0.0997 e. The Bertz CT molecular complexity index is 743. The van der Waals surface area contributed by atoms with Crippen molar-refractivity contribution < 1.29 is 0 Å². The van der Waals surface area contributed by atoms with E-state index in [1.165, 1.54) is 0 Å². The van der Waals surface area contributed by atoms with E-state index in [4.69, 9.17) is 5.73 Å². The largest absolute Gasteiger partial charge is 0.398 e. The number of hydrogen-bond donors (Lipinski definition) is 1. The number of nitrogens with zero attached hydrogens (tertiary/aromatic N) is 4. The summed E-state index contributed by atoms with van der Waals surface area (Å²) in [6.07, 6.45) is 7.03. The molecule has 5 nitrogen and oxygen atoms in total. The van der Waals surface area contributed by atoms with Crippen LogP contribution in [0.25, 0.3) is 16.9 Å². The molecule has 2 aromatic heterocycles. The second kappa shape index (κ2) is 5.28. The summed E-state index contributed by atoms with van der Waals surface area (Å²) >= 11 is 0. The van der Waals surface area contributed by atoms with Crippen molar-refractivity contribution in [2.45, 2.75) is 0 Å². The van der Waals surface area contributed by atoms with Gasteiger partial charge in [-0.25, -0.2) is 4.98 Å². The van der Waals surface area contributed by atoms with E-state index in [9.17, 15) is 0 Å². The molecule has 0 aliphatic rings. The van der Waals surface area contributed by atoms with Gasteiger partial charge in [0, 0.05) is 49.1 Å². The summed E-state index contributed by atoms with van der Waals surface area (Å²) in [6, 6.07) is 10.1. The van der Waals surface area contributed by atoms with Gasteiger partial charge in [-0.1, -0.05) is 0 Å². The number of hydrogen-bond acceptors (Lipinski definition) is 4. The molecule has 0 aliphatic heterocycles. The summed E-state index contributed by atoms with van der Waals surface area (Å²) < 4.78 is 2.01. The number of nitrogens with two attached hydrogens (primary N) is 1. The van der Waals surface area contributed by atoms with E-state index < -0.39 is 0 Å². The van der Waals surface area contributed by atoms with Gasteiger partial charge in [-0.3, -0.25) is 9.55 Å². The SMILES string of the molecule is CN(C)c1ccc(-n2cncc2-c2cnccc2N)cc1. The maximum atomic E-state index is 6.03. The predicted octanol–water partition coefficient (Wildman–Crippen LogP) is 2.58. The first-order chi connectivity index (χ1) is 10.2. The lowest BCUT2D eigenvalue weighted by atomic mass is 10.1. The molecule has 0 spiro atoms. The van der Waals surface area contributed by atoms with Crippen LogP contribution in [-0.4, -0.2) is 28.6 Å². The quantitative estimate of drug-likeness (QED) is 0.800. The summed E-state index contributed by atoms with van der Waals surface area (Å²) in [7, 11) is 4.04. The molecule has 0 bridgehead atoms. The third-order valence-corrected chi connectivity index (χ3v) is 3.41. The van der Waals surface area contributed by atoms with E-state index >= 15 is 0 Å². The van der Waals surface area contributed by atoms with Gasteiger partial charge in [0.15, 0.2) is 0 Å². The van der Waals surface area contributed by atoms with Crippen LogP contribution in [0.1, 0.15) is 0 Å². The highest BCUT2D eigenvalue weighted by Crippen LogP contribution is 2.27. The molecular weight excluding hydrogens is 262 g/mol. The number of aromatic nitrogens is 3. The zero-order valence-corrected chi connectivity index (χ0v) is 12.1. The molecule has 1 aromatic carbocycles. The molecule has 0 radical (unpaired) electrons. The molecule has 0 aliphatic carbocycles. The summed E-state index contributed by atoms with van der Waals surface area (Å²) in [6.45, 7) is 0. The van der Waals surface area contributed by atoms with Crippen molar-refractivity contribution >= 4 is 11.4 Å². The molecule has 0 amide bonds. The Morgan fingerprint density at radius 3 is 2.43 bits per heavy atom. The van der Waals surface area contributed by atoms with Gasteiger partial charge in [0.2, 0.25) is 0 Å². The minimum absolute atomic E-state index is 0.691. The molecule has 0 saturated carbocycles. The molecule has 21 heavy (non-hydrogen) atoms. The van der Waals surface area contributed by atoms with Crippen molar-refractivity contribution in [3.63, 3.8) is 0 Å². The third-order valence-electron chi connectivity index (χ3n) is 3.41. The van der Waals surface area contributed by atoms with E-state index in [0.717, 1.165) is 22.6 Å². The number of anilines is 2. The zero-order valence-electron chi connectivity index (χ0n) is 12.1. The molecule has 5 heteroatoms. The molecule has 3 rings (SSSR count). The van der Waals surface area contributed by atoms with Crippen LogP contribution >= 0.6 is 0 Å². The number of rotatable bonds is 3. The van der Waals surface area contributed by atoms with Gasteiger partial charge in [0.05, 0.1) is 18.2 Å². The molecule has 0 unspecified atom stereocenters. The summed E-state index contributed by atoms with van der Waals surface area (Å²) in [5.41, 5.74) is 10.7. The van der Waals surface area contributed by atoms with Gasteiger partial charge >= 0.3 is 0 Å². The maximum absolute atomic E-state index is 6.03. The van der Waals surface area contributed by atoms with Crippen LogP contribution in [0.4, 0.5) is 11.4 Å². The predicted molar refractivity (Wildman–Crippen MR) is 85.5 cm³/mol. The van der Waals surface area contributed by atoms with E-state index in [1.54, 1.807) is 31.0 Å². The second-order valence-corrected chi connectivity index (χ2v) is 5.02. The fraction of sp³-hybridized carbons (Fsp3) is 0.125. The fourth-order valence-corrected chi connectivity index (χ4v) is 2.23. The van der Waals surface area contributed by atoms with Crippen LogP contribution < -0.4 is 10.6 Å². The van der Waals surface area contributed by atoms with E-state index in [2.05, 4.69) is 39.1 Å². The monoisotopic (exact) mass is 279 g/mol. The van der Waals surface area contributed by atoms with Crippen molar-refractivity contribution in [3.05, 3.63) is 55.2 Å². The van der Waals surface area contributed by atoms with E-state index in [-0.39, 0.29) is 0 Å². The van der Waals surface area contributed by atoms with Crippen molar-refractivity contribution in [1.29, 1.82) is 0 Å². The zero-order chi connectivity index (χ0) is 14.8. The number of pyridine rings is 1. The first kappa shape index (κ1) is 13.2. The Morgan fingerprint density at radius 2 is 1.76 bits per heavy atom. The average molecular weight is 279 g/mol. The minimum atomic E-state index is 0.691. The fourth-order valence-electron chi connectivity index (χ4n) is 2.23. The van der Waals surface area contributed by atoms with Crippen molar-refractivity contribution in [2.75, 3.05) is 24.7 Å². The van der Waals surface area contributed by atoms with Crippen LogP contribution in [0, 0.1) is 0 Å². The molecule has 3 aromatic rings. The average Bonchev–Trinajstić information content (AvgIpc) is 2.97. The summed E-state index contributed by atoms with van der Waals surface area (Å²) in [4.78, 5) is 10.5. The Kier molecular flexibility index (Phi) is 3.31. The van der Waals surface area contributed by atoms with Crippen LogP contribution in [0.2, 0.25) is 0 Å². The van der Waals surface area contributed by atoms with Crippen molar-refractivity contribution in [3.8, 4) is 16.9 Å². The topological polar surface area (TPSA) is 60.0 Å². The lowest BCUT2D eigenvalue weighted by Gasteiger charge is -2.14. The van der Waals surface area contributed by atoms with Crippen LogP contribution in [0.5, 0.6) is 0 Å². The van der Waals surface area contributed by atoms with E-state index in [0.29, 0.717) is 5.69 Å². The Hall–Kier alpha value is -2.82. The highest BCUT2D eigenvalue weighted by atomic mass is 15.1. The molecule has 0 saturated heterocycles. The van der Waals surface area contributed by atoms with Gasteiger partial charge in [0.25, 0.3) is 0 Å². The third kappa shape index (κ3) is 2.45. The Morgan fingerprint density at radius 1 is 1.00 bits per heavy atom. The lowest BCUT2D eigenvalue weighted by molar-refractivity contribution is 1.06. The highest BCUT2D eigenvalue weighted by molar-refractivity contribution is 5.73. The first-order valence-corrected chi connectivity index (χ1v) is 6.67. The summed E-state index contributed by atoms with van der Waals surface area (Å²) in [5.74, 6) is 0.